The van der Waals surface area contributed by atoms with Gasteiger partial charge in [-0.15, -0.1) is 0 Å². The van der Waals surface area contributed by atoms with Crippen LogP contribution in [0.3, 0.4) is 0 Å². The summed E-state index contributed by atoms with van der Waals surface area (Å²) in [5.74, 6) is -2.01. The number of carboxylic acid groups (broad SMARTS) is 1. The first kappa shape index (κ1) is 25.7. The van der Waals surface area contributed by atoms with Crippen molar-refractivity contribution in [3.8, 4) is 17.0 Å². The van der Waals surface area contributed by atoms with Crippen LogP contribution < -0.4 is 4.74 Å². The van der Waals surface area contributed by atoms with Gasteiger partial charge in [0.25, 0.3) is 5.91 Å². The second-order valence-electron chi connectivity index (χ2n) is 7.76. The molecule has 2 aromatic heterocycles. The third kappa shape index (κ3) is 5.76. The maximum absolute atomic E-state index is 13.0. The lowest BCUT2D eigenvalue weighted by molar-refractivity contribution is -0.192. The standard InChI is InChI=1S/C21H23N5O2.C2HF3O2/c1-13-14(2)22-12-23-19(13)21(27)26-10-8-15-17(9-11-26)24-25-20(15)16-6-4-5-7-18(16)28-3;3-2(4,5)1(6)7/h4-7,12H,8-11H2,1-3H3,(H,24,25);(H,6,7). The summed E-state index contributed by atoms with van der Waals surface area (Å²) in [6.45, 7) is 5.04. The Morgan fingerprint density at radius 2 is 1.77 bits per heavy atom. The fraction of sp³-hybridized carbons (Fsp3) is 0.348. The van der Waals surface area contributed by atoms with Gasteiger partial charge in [-0.2, -0.15) is 18.3 Å². The number of ether oxygens (including phenoxy) is 1. The molecule has 0 bridgehead atoms. The van der Waals surface area contributed by atoms with Gasteiger partial charge in [-0.3, -0.25) is 9.89 Å². The number of para-hydroxylation sites is 1. The first-order valence-corrected chi connectivity index (χ1v) is 10.6. The minimum atomic E-state index is -5.08. The Morgan fingerprint density at radius 3 is 2.43 bits per heavy atom. The molecule has 1 aliphatic heterocycles. The molecule has 0 unspecified atom stereocenters. The van der Waals surface area contributed by atoms with E-state index in [1.54, 1.807) is 7.11 Å². The van der Waals surface area contributed by atoms with Crippen molar-refractivity contribution in [1.82, 2.24) is 25.1 Å². The summed E-state index contributed by atoms with van der Waals surface area (Å²) in [7, 11) is 1.66. The topological polar surface area (TPSA) is 121 Å². The van der Waals surface area contributed by atoms with E-state index in [4.69, 9.17) is 14.6 Å². The zero-order chi connectivity index (χ0) is 25.8. The van der Waals surface area contributed by atoms with Crippen LogP contribution >= 0.6 is 0 Å². The molecular formula is C23H24F3N5O4. The third-order valence-electron chi connectivity index (χ3n) is 5.65. The predicted molar refractivity (Wildman–Crippen MR) is 119 cm³/mol. The molecule has 9 nitrogen and oxygen atoms in total. The van der Waals surface area contributed by atoms with Gasteiger partial charge in [-0.1, -0.05) is 12.1 Å². The number of benzene rings is 1. The van der Waals surface area contributed by atoms with Gasteiger partial charge in [0, 0.05) is 47.6 Å². The van der Waals surface area contributed by atoms with Gasteiger partial charge in [-0.05, 0) is 32.4 Å². The van der Waals surface area contributed by atoms with Crippen LogP contribution in [0.4, 0.5) is 13.2 Å². The number of halogens is 3. The van der Waals surface area contributed by atoms with Crippen molar-refractivity contribution in [2.45, 2.75) is 32.9 Å². The molecule has 1 aliphatic rings. The predicted octanol–water partition coefficient (Wildman–Crippen LogP) is 3.37. The zero-order valence-corrected chi connectivity index (χ0v) is 19.3. The van der Waals surface area contributed by atoms with Crippen LogP contribution in [0.15, 0.2) is 30.6 Å². The Bertz CT molecular complexity index is 1230. The molecule has 35 heavy (non-hydrogen) atoms. The zero-order valence-electron chi connectivity index (χ0n) is 19.3. The number of carbonyl (C=O) groups excluding carboxylic acids is 1. The first-order valence-electron chi connectivity index (χ1n) is 10.6. The number of hydrogen-bond donors (Lipinski definition) is 2. The van der Waals surface area contributed by atoms with Crippen molar-refractivity contribution in [3.63, 3.8) is 0 Å². The average Bonchev–Trinajstić information content (AvgIpc) is 3.10. The Labute approximate surface area is 199 Å². The van der Waals surface area contributed by atoms with Crippen LogP contribution in [0.5, 0.6) is 5.75 Å². The molecule has 186 valence electrons. The highest BCUT2D eigenvalue weighted by Gasteiger charge is 2.38. The van der Waals surface area contributed by atoms with Gasteiger partial charge in [-0.25, -0.2) is 14.8 Å². The number of alkyl halides is 3. The molecule has 1 aromatic carbocycles. The number of nitrogens with zero attached hydrogens (tertiary/aromatic N) is 4. The van der Waals surface area contributed by atoms with Crippen LogP contribution in [0.1, 0.15) is 33.0 Å². The van der Waals surface area contributed by atoms with Gasteiger partial charge < -0.3 is 14.7 Å². The Balaban J connectivity index is 0.000000429. The minimum Gasteiger partial charge on any atom is -0.496 e. The summed E-state index contributed by atoms with van der Waals surface area (Å²) in [6, 6.07) is 7.87. The molecule has 0 aliphatic carbocycles. The largest absolute Gasteiger partial charge is 0.496 e. The Kier molecular flexibility index (Phi) is 7.72. The van der Waals surface area contributed by atoms with E-state index in [-0.39, 0.29) is 5.91 Å². The number of carbonyl (C=O) groups is 2. The molecule has 0 fully saturated rings. The maximum Gasteiger partial charge on any atom is 0.490 e. The molecule has 0 spiro atoms. The highest BCUT2D eigenvalue weighted by atomic mass is 19.4. The van der Waals surface area contributed by atoms with Crippen LogP contribution in [-0.4, -0.2) is 68.4 Å². The van der Waals surface area contributed by atoms with E-state index in [9.17, 15) is 18.0 Å². The van der Waals surface area contributed by atoms with Gasteiger partial charge in [0.15, 0.2) is 0 Å². The van der Waals surface area contributed by atoms with Gasteiger partial charge >= 0.3 is 12.1 Å². The Morgan fingerprint density at radius 1 is 1.11 bits per heavy atom. The van der Waals surface area contributed by atoms with Crippen molar-refractivity contribution in [3.05, 3.63) is 58.8 Å². The number of H-pyrrole nitrogens is 1. The lowest BCUT2D eigenvalue weighted by Crippen LogP contribution is -2.34. The summed E-state index contributed by atoms with van der Waals surface area (Å²) in [4.78, 5) is 32.2. The van der Waals surface area contributed by atoms with E-state index >= 15 is 0 Å². The number of aliphatic carboxylic acids is 1. The highest BCUT2D eigenvalue weighted by Crippen LogP contribution is 2.33. The Hall–Kier alpha value is -3.96. The normalized spacial score (nSPS) is 13.3. The van der Waals surface area contributed by atoms with Crippen LogP contribution in [-0.2, 0) is 17.6 Å². The molecule has 0 saturated heterocycles. The van der Waals surface area contributed by atoms with Gasteiger partial charge in [0.05, 0.1) is 12.8 Å². The molecule has 3 heterocycles. The summed E-state index contributed by atoms with van der Waals surface area (Å²) in [6.07, 6.45) is -2.17. The van der Waals surface area contributed by atoms with Crippen molar-refractivity contribution in [2.24, 2.45) is 0 Å². The number of amides is 1. The van der Waals surface area contributed by atoms with E-state index in [0.717, 1.165) is 52.4 Å². The van der Waals surface area contributed by atoms with E-state index in [1.807, 2.05) is 43.0 Å². The number of aryl methyl sites for hydroxylation is 1. The summed E-state index contributed by atoms with van der Waals surface area (Å²) >= 11 is 0. The summed E-state index contributed by atoms with van der Waals surface area (Å²) < 4.78 is 37.2. The molecule has 1 amide bonds. The second kappa shape index (κ2) is 10.5. The van der Waals surface area contributed by atoms with Crippen molar-refractivity contribution >= 4 is 11.9 Å². The van der Waals surface area contributed by atoms with E-state index in [0.29, 0.717) is 18.8 Å². The van der Waals surface area contributed by atoms with E-state index in [2.05, 4.69) is 20.2 Å². The number of carboxylic acids is 1. The van der Waals surface area contributed by atoms with E-state index in [1.165, 1.54) is 6.33 Å². The first-order chi connectivity index (χ1) is 16.5. The number of rotatable bonds is 3. The average molecular weight is 491 g/mol. The summed E-state index contributed by atoms with van der Waals surface area (Å²) in [5.41, 5.74) is 6.25. The molecule has 4 rings (SSSR count). The number of hydrogen-bond acceptors (Lipinski definition) is 6. The molecule has 3 aromatic rings. The molecular weight excluding hydrogens is 467 g/mol. The number of fused-ring (bicyclic) bond motifs is 1. The maximum atomic E-state index is 13.0. The number of aromatic nitrogens is 4. The number of aromatic amines is 1. The highest BCUT2D eigenvalue weighted by molar-refractivity contribution is 5.94. The molecule has 12 heteroatoms. The minimum absolute atomic E-state index is 0.0417. The van der Waals surface area contributed by atoms with Crippen molar-refractivity contribution in [1.29, 1.82) is 0 Å². The second-order valence-corrected chi connectivity index (χ2v) is 7.76. The molecule has 0 radical (unpaired) electrons. The smallest absolute Gasteiger partial charge is 0.490 e. The quantitative estimate of drug-likeness (QED) is 0.576. The van der Waals surface area contributed by atoms with Crippen LogP contribution in [0.25, 0.3) is 11.3 Å². The SMILES string of the molecule is COc1ccccc1-c1n[nH]c2c1CCN(C(=O)c1ncnc(C)c1C)CC2.O=C(O)C(F)(F)F. The monoisotopic (exact) mass is 491 g/mol. The number of methoxy groups -OCH3 is 1. The van der Waals surface area contributed by atoms with E-state index < -0.39 is 12.1 Å². The van der Waals surface area contributed by atoms with Crippen molar-refractivity contribution < 1.29 is 32.6 Å². The van der Waals surface area contributed by atoms with Crippen molar-refractivity contribution in [2.75, 3.05) is 20.2 Å². The molecule has 0 atom stereocenters. The molecule has 0 saturated carbocycles. The van der Waals surface area contributed by atoms with Crippen LogP contribution in [0, 0.1) is 13.8 Å². The van der Waals surface area contributed by atoms with Gasteiger partial charge in [0.2, 0.25) is 0 Å². The third-order valence-corrected chi connectivity index (χ3v) is 5.65. The lowest BCUT2D eigenvalue weighted by atomic mass is 10.0. The van der Waals surface area contributed by atoms with Crippen LogP contribution in [0.2, 0.25) is 0 Å². The fourth-order valence-corrected chi connectivity index (χ4v) is 3.65. The van der Waals surface area contributed by atoms with Gasteiger partial charge in [0.1, 0.15) is 17.8 Å². The molecule has 2 N–H and O–H groups in total. The lowest BCUT2D eigenvalue weighted by Gasteiger charge is -2.21. The summed E-state index contributed by atoms with van der Waals surface area (Å²) in [5, 5.41) is 14.8. The fourth-order valence-electron chi connectivity index (χ4n) is 3.65. The number of nitrogens with one attached hydrogen (secondary N) is 1.